The number of fused-ring (bicyclic) bond motifs is 3. The molecule has 1 saturated carbocycles. The second kappa shape index (κ2) is 8.18. The van der Waals surface area contributed by atoms with Crippen LogP contribution in [0.4, 0.5) is 11.4 Å². The van der Waals surface area contributed by atoms with Gasteiger partial charge in [-0.05, 0) is 72.4 Å². The van der Waals surface area contributed by atoms with E-state index in [2.05, 4.69) is 67.3 Å². The summed E-state index contributed by atoms with van der Waals surface area (Å²) in [6.45, 7) is 4.86. The number of hydrogen-bond acceptors (Lipinski definition) is 3. The molecule has 0 amide bonds. The van der Waals surface area contributed by atoms with Crippen LogP contribution >= 0.6 is 0 Å². The second-order valence-electron chi connectivity index (χ2n) is 9.81. The number of para-hydroxylation sites is 1. The summed E-state index contributed by atoms with van der Waals surface area (Å²) in [5.74, 6) is -1.21. The van der Waals surface area contributed by atoms with Crippen LogP contribution in [0.15, 0.2) is 78.4 Å². The van der Waals surface area contributed by atoms with E-state index < -0.39 is 5.97 Å². The van der Waals surface area contributed by atoms with Crippen LogP contribution in [0.5, 0.6) is 0 Å². The zero-order valence-electron chi connectivity index (χ0n) is 19.6. The third-order valence-corrected chi connectivity index (χ3v) is 8.02. The number of hydrogen-bond donors (Lipinski definition) is 1. The third kappa shape index (κ3) is 3.31. The molecule has 3 aromatic rings. The number of nitrogens with zero attached hydrogens (tertiary/aromatic N) is 2. The van der Waals surface area contributed by atoms with Gasteiger partial charge in [-0.25, -0.2) is 4.79 Å². The molecule has 0 spiro atoms. The maximum absolute atomic E-state index is 11.1. The second-order valence-corrected chi connectivity index (χ2v) is 9.81. The lowest BCUT2D eigenvalue weighted by Gasteiger charge is -2.50. The van der Waals surface area contributed by atoms with Crippen molar-refractivity contribution in [2.24, 2.45) is 0 Å². The third-order valence-electron chi connectivity index (χ3n) is 8.02. The number of anilines is 2. The van der Waals surface area contributed by atoms with E-state index in [-0.39, 0.29) is 16.5 Å². The fraction of sp³-hybridized carbons (Fsp3) is 0.267. The average Bonchev–Trinajstić information content (AvgIpc) is 3.06. The van der Waals surface area contributed by atoms with Gasteiger partial charge in [0.1, 0.15) is 11.6 Å². The summed E-state index contributed by atoms with van der Waals surface area (Å²) in [7, 11) is 0. The lowest BCUT2D eigenvalue weighted by atomic mass is 9.61. The molecule has 5 rings (SSSR count). The topological polar surface area (TPSA) is 64.3 Å². The quantitative estimate of drug-likeness (QED) is 0.342. The van der Waals surface area contributed by atoms with Crippen LogP contribution in [0, 0.1) is 11.3 Å². The Bertz CT molecular complexity index is 1320. The van der Waals surface area contributed by atoms with Crippen molar-refractivity contribution >= 4 is 23.4 Å². The Hall–Kier alpha value is -3.84. The van der Waals surface area contributed by atoms with Gasteiger partial charge in [0.15, 0.2) is 0 Å². The Balaban J connectivity index is 1.58. The van der Waals surface area contributed by atoms with Crippen LogP contribution < -0.4 is 4.90 Å². The molecule has 0 aromatic heterocycles. The van der Waals surface area contributed by atoms with Crippen molar-refractivity contribution in [1.82, 2.24) is 0 Å². The van der Waals surface area contributed by atoms with Crippen LogP contribution in [0.1, 0.15) is 50.7 Å². The van der Waals surface area contributed by atoms with Gasteiger partial charge in [0.2, 0.25) is 0 Å². The zero-order valence-corrected chi connectivity index (χ0v) is 19.6. The van der Waals surface area contributed by atoms with Gasteiger partial charge in [-0.1, -0.05) is 68.3 Å². The van der Waals surface area contributed by atoms with Gasteiger partial charge in [0.05, 0.1) is 5.54 Å². The van der Waals surface area contributed by atoms with Crippen LogP contribution in [0.2, 0.25) is 0 Å². The highest BCUT2D eigenvalue weighted by atomic mass is 16.4. The predicted molar refractivity (Wildman–Crippen MR) is 136 cm³/mol. The standard InChI is InChI=1S/C30H28N2O2/c1-29-16-6-7-17-30(29,2)32(25-8-4-3-5-9-25)27-15-14-23(19-26(27)29)22-12-10-21(11-13-22)18-24(20-31)28(33)34/h3-5,8-15,18-19H,6-7,16-17H2,1-2H3,(H,33,34)/b24-18+. The maximum Gasteiger partial charge on any atom is 0.346 e. The Morgan fingerprint density at radius 3 is 2.32 bits per heavy atom. The number of carboxylic acid groups (broad SMARTS) is 1. The smallest absolute Gasteiger partial charge is 0.346 e. The Morgan fingerprint density at radius 2 is 1.65 bits per heavy atom. The zero-order chi connectivity index (χ0) is 23.9. The lowest BCUT2D eigenvalue weighted by Crippen LogP contribution is -2.54. The molecule has 1 aliphatic carbocycles. The fourth-order valence-corrected chi connectivity index (χ4v) is 5.98. The van der Waals surface area contributed by atoms with E-state index in [4.69, 9.17) is 10.4 Å². The fourth-order valence-electron chi connectivity index (χ4n) is 5.98. The van der Waals surface area contributed by atoms with Gasteiger partial charge < -0.3 is 10.0 Å². The molecule has 170 valence electrons. The number of carboxylic acids is 1. The number of aliphatic carboxylic acids is 1. The first kappa shape index (κ1) is 22.0. The van der Waals surface area contributed by atoms with Crippen LogP contribution in [0.3, 0.4) is 0 Å². The SMILES string of the molecule is CC12CCCCC1(C)N(c1ccccc1)c1ccc(-c3ccc(/C=C(\C#N)C(=O)O)cc3)cc12. The Labute approximate surface area is 200 Å². The molecule has 2 unspecified atom stereocenters. The minimum atomic E-state index is -1.21. The first-order valence-corrected chi connectivity index (χ1v) is 11.8. The molecule has 2 atom stereocenters. The summed E-state index contributed by atoms with van der Waals surface area (Å²) < 4.78 is 0. The van der Waals surface area contributed by atoms with Gasteiger partial charge >= 0.3 is 5.97 Å². The van der Waals surface area contributed by atoms with Crippen molar-refractivity contribution in [3.63, 3.8) is 0 Å². The lowest BCUT2D eigenvalue weighted by molar-refractivity contribution is -0.132. The molecular formula is C30H28N2O2. The predicted octanol–water partition coefficient (Wildman–Crippen LogP) is 7.09. The van der Waals surface area contributed by atoms with Crippen molar-refractivity contribution in [1.29, 1.82) is 5.26 Å². The Kier molecular flexibility index (Phi) is 5.29. The van der Waals surface area contributed by atoms with Gasteiger partial charge in [-0.15, -0.1) is 0 Å². The van der Waals surface area contributed by atoms with Crippen LogP contribution in [-0.2, 0) is 10.2 Å². The van der Waals surface area contributed by atoms with Crippen molar-refractivity contribution in [3.8, 4) is 17.2 Å². The molecule has 1 aliphatic heterocycles. The molecule has 0 bridgehead atoms. The van der Waals surface area contributed by atoms with E-state index in [0.717, 1.165) is 17.5 Å². The molecule has 2 aliphatic rings. The number of carbonyl (C=O) groups is 1. The molecule has 0 saturated heterocycles. The molecule has 0 radical (unpaired) electrons. The number of rotatable bonds is 4. The van der Waals surface area contributed by atoms with Gasteiger partial charge in [0, 0.05) is 16.8 Å². The molecule has 1 heterocycles. The molecule has 4 heteroatoms. The van der Waals surface area contributed by atoms with Crippen molar-refractivity contribution in [2.45, 2.75) is 50.5 Å². The minimum Gasteiger partial charge on any atom is -0.477 e. The van der Waals surface area contributed by atoms with Crippen molar-refractivity contribution in [3.05, 3.63) is 89.5 Å². The monoisotopic (exact) mass is 448 g/mol. The van der Waals surface area contributed by atoms with Crippen molar-refractivity contribution < 1.29 is 9.90 Å². The highest BCUT2D eigenvalue weighted by molar-refractivity contribution is 5.96. The first-order valence-electron chi connectivity index (χ1n) is 11.8. The molecule has 1 N–H and O–H groups in total. The summed E-state index contributed by atoms with van der Waals surface area (Å²) >= 11 is 0. The Morgan fingerprint density at radius 1 is 0.971 bits per heavy atom. The van der Waals surface area contributed by atoms with E-state index in [1.807, 2.05) is 24.3 Å². The molecule has 34 heavy (non-hydrogen) atoms. The first-order chi connectivity index (χ1) is 16.4. The van der Waals surface area contributed by atoms with E-state index >= 15 is 0 Å². The number of nitriles is 1. The number of benzene rings is 3. The van der Waals surface area contributed by atoms with E-state index in [9.17, 15) is 4.79 Å². The summed E-state index contributed by atoms with van der Waals surface area (Å²) in [6.07, 6.45) is 6.21. The largest absolute Gasteiger partial charge is 0.477 e. The summed E-state index contributed by atoms with van der Waals surface area (Å²) in [4.78, 5) is 13.7. The highest BCUT2D eigenvalue weighted by Gasteiger charge is 2.57. The van der Waals surface area contributed by atoms with Gasteiger partial charge in [-0.3, -0.25) is 0 Å². The summed E-state index contributed by atoms with van der Waals surface area (Å²) in [5.41, 5.74) is 6.67. The minimum absolute atomic E-state index is 0.0206. The average molecular weight is 449 g/mol. The molecular weight excluding hydrogens is 420 g/mol. The van der Waals surface area contributed by atoms with Crippen LogP contribution in [-0.4, -0.2) is 16.6 Å². The van der Waals surface area contributed by atoms with Gasteiger partial charge in [-0.2, -0.15) is 5.26 Å². The normalized spacial score (nSPS) is 23.7. The maximum atomic E-state index is 11.1. The van der Waals surface area contributed by atoms with Crippen molar-refractivity contribution in [2.75, 3.05) is 4.90 Å². The molecule has 1 fully saturated rings. The summed E-state index contributed by atoms with van der Waals surface area (Å²) in [5, 5.41) is 18.1. The highest BCUT2D eigenvalue weighted by Crippen LogP contribution is 2.61. The van der Waals surface area contributed by atoms with Crippen LogP contribution in [0.25, 0.3) is 17.2 Å². The van der Waals surface area contributed by atoms with E-state index in [0.29, 0.717) is 5.56 Å². The van der Waals surface area contributed by atoms with E-state index in [1.165, 1.54) is 42.3 Å². The van der Waals surface area contributed by atoms with E-state index in [1.54, 1.807) is 6.07 Å². The molecule has 3 aromatic carbocycles. The van der Waals surface area contributed by atoms with Gasteiger partial charge in [0.25, 0.3) is 0 Å². The summed E-state index contributed by atoms with van der Waals surface area (Å²) in [6, 6.07) is 27.0. The molecule has 4 nitrogen and oxygen atoms in total.